The molecule has 0 radical (unpaired) electrons. The van der Waals surface area contributed by atoms with Crippen LogP contribution < -0.4 is 0 Å². The largest absolute Gasteiger partial charge is 0.312 e. The minimum atomic E-state index is -10.1. The second kappa shape index (κ2) is 6.90. The van der Waals surface area contributed by atoms with Crippen molar-refractivity contribution in [3.8, 4) is 28.5 Å². The van der Waals surface area contributed by atoms with Gasteiger partial charge in [0.2, 0.25) is 0 Å². The summed E-state index contributed by atoms with van der Waals surface area (Å²) < 4.78 is 72.8. The van der Waals surface area contributed by atoms with Gasteiger partial charge in [0, 0.05) is 11.1 Å². The van der Waals surface area contributed by atoms with Crippen LogP contribution >= 0.6 is 10.2 Å². The van der Waals surface area contributed by atoms with Crippen LogP contribution in [0.5, 0.6) is 0 Å². The first-order valence-corrected chi connectivity index (χ1v) is 12.1. The number of benzene rings is 3. The van der Waals surface area contributed by atoms with Gasteiger partial charge in [-0.05, 0) is 56.0 Å². The van der Waals surface area contributed by atoms with Crippen LogP contribution in [0.1, 0.15) is 22.3 Å². The van der Waals surface area contributed by atoms with Crippen LogP contribution in [0.25, 0.3) is 28.5 Å². The molecule has 0 atom stereocenters. The van der Waals surface area contributed by atoms with E-state index in [1.54, 1.807) is 56.3 Å². The van der Waals surface area contributed by atoms with Crippen LogP contribution in [-0.4, -0.2) is 14.8 Å². The van der Waals surface area contributed by atoms with Gasteiger partial charge in [0.1, 0.15) is 4.90 Å². The molecule has 0 unspecified atom stereocenters. The molecule has 0 N–H and O–H groups in total. The Bertz CT molecular complexity index is 1360. The molecule has 4 rings (SSSR count). The summed E-state index contributed by atoms with van der Waals surface area (Å²) >= 11 is 0. The van der Waals surface area contributed by atoms with Crippen molar-refractivity contribution >= 4 is 10.2 Å². The van der Waals surface area contributed by atoms with Crippen molar-refractivity contribution in [3.63, 3.8) is 0 Å². The summed E-state index contributed by atoms with van der Waals surface area (Å²) in [5.41, 5.74) is 1.94. The van der Waals surface area contributed by atoms with Gasteiger partial charge in [-0.1, -0.05) is 74.0 Å². The fourth-order valence-electron chi connectivity index (χ4n) is 4.10. The van der Waals surface area contributed by atoms with E-state index in [0.717, 1.165) is 15.7 Å². The van der Waals surface area contributed by atoms with E-state index in [0.29, 0.717) is 17.2 Å². The van der Waals surface area contributed by atoms with Gasteiger partial charge in [-0.2, -0.15) is 0 Å². The monoisotopic (exact) mass is 479 g/mol. The molecule has 3 nitrogen and oxygen atoms in total. The van der Waals surface area contributed by atoms with Gasteiger partial charge in [0.15, 0.2) is 11.6 Å². The molecule has 0 fully saturated rings. The van der Waals surface area contributed by atoms with Gasteiger partial charge in [0.25, 0.3) is 0 Å². The molecule has 0 bridgehead atoms. The highest BCUT2D eigenvalue weighted by atomic mass is 32.5. The highest BCUT2D eigenvalue weighted by molar-refractivity contribution is 8.45. The van der Waals surface area contributed by atoms with Gasteiger partial charge in [-0.15, -0.1) is 10.2 Å². The lowest BCUT2D eigenvalue weighted by Crippen LogP contribution is -2.14. The smallest absolute Gasteiger partial charge is 0.273 e. The van der Waals surface area contributed by atoms with E-state index < -0.39 is 20.8 Å². The number of rotatable bonds is 4. The van der Waals surface area contributed by atoms with Crippen molar-refractivity contribution < 1.29 is 19.4 Å². The third-order valence-corrected chi connectivity index (χ3v) is 6.59. The molecule has 1 heterocycles. The molecular formula is C24H22F5N3S. The summed E-state index contributed by atoms with van der Waals surface area (Å²) in [6, 6.07) is 15.8. The zero-order chi connectivity index (χ0) is 24.2. The van der Waals surface area contributed by atoms with E-state index in [9.17, 15) is 19.4 Å². The Morgan fingerprint density at radius 3 is 1.82 bits per heavy atom. The van der Waals surface area contributed by atoms with Gasteiger partial charge in [-0.25, -0.2) is 0 Å². The Morgan fingerprint density at radius 1 is 0.667 bits per heavy atom. The van der Waals surface area contributed by atoms with Gasteiger partial charge in [-0.3, -0.25) is 4.57 Å². The standard InChI is InChI=1S/C24H22F5N3S/c1-15-13-18(4)22(20(14-15)33(25,26,27,28)29)32-23(19-11-6-5-7-12-19)30-31-24(32)21-16(2)9-8-10-17(21)3/h5-14H,1-4H3. The predicted molar refractivity (Wildman–Crippen MR) is 123 cm³/mol. The normalized spacial score (nSPS) is 14.1. The quantitative estimate of drug-likeness (QED) is 0.275. The van der Waals surface area contributed by atoms with Crippen LogP contribution in [0.3, 0.4) is 0 Å². The van der Waals surface area contributed by atoms with Crippen molar-refractivity contribution in [2.24, 2.45) is 0 Å². The van der Waals surface area contributed by atoms with Crippen LogP contribution in [0, 0.1) is 27.7 Å². The maximum Gasteiger partial charge on any atom is 0.312 e. The second-order valence-corrected chi connectivity index (χ2v) is 10.6. The average molecular weight is 480 g/mol. The Hall–Kier alpha value is -3.20. The fourth-order valence-corrected chi connectivity index (χ4v) is 5.13. The highest BCUT2D eigenvalue weighted by Crippen LogP contribution is 3.02. The summed E-state index contributed by atoms with van der Waals surface area (Å²) in [5.74, 6) is 0.114. The fraction of sp³-hybridized carbons (Fsp3) is 0.167. The highest BCUT2D eigenvalue weighted by Gasteiger charge is 2.67. The third kappa shape index (κ3) is 4.25. The van der Waals surface area contributed by atoms with Crippen molar-refractivity contribution in [2.45, 2.75) is 32.6 Å². The van der Waals surface area contributed by atoms with E-state index in [1.165, 1.54) is 19.9 Å². The Labute approximate surface area is 188 Å². The number of aryl methyl sites for hydroxylation is 4. The average Bonchev–Trinajstić information content (AvgIpc) is 3.10. The molecule has 3 aromatic carbocycles. The molecule has 9 heteroatoms. The summed E-state index contributed by atoms with van der Waals surface area (Å²) in [6.45, 7) is 6.33. The van der Waals surface area contributed by atoms with E-state index in [4.69, 9.17) is 0 Å². The minimum absolute atomic E-state index is 0.0442. The van der Waals surface area contributed by atoms with E-state index in [1.807, 2.05) is 6.07 Å². The van der Waals surface area contributed by atoms with Crippen LogP contribution in [-0.2, 0) is 0 Å². The van der Waals surface area contributed by atoms with Crippen molar-refractivity contribution in [3.05, 3.63) is 82.9 Å². The SMILES string of the molecule is Cc1cc(C)c(-n2c(-c3ccccc3)nnc2-c2c(C)cccc2C)c(S(F)(F)(F)(F)F)c1. The number of hydrogen-bond donors (Lipinski definition) is 0. The van der Waals surface area contributed by atoms with Crippen LogP contribution in [0.2, 0.25) is 0 Å². The zero-order valence-electron chi connectivity index (χ0n) is 18.4. The Kier molecular flexibility index (Phi) is 4.80. The molecule has 0 amide bonds. The van der Waals surface area contributed by atoms with Crippen molar-refractivity contribution in [1.82, 2.24) is 14.8 Å². The Balaban J connectivity index is 2.21. The minimum Gasteiger partial charge on any atom is -0.273 e. The molecule has 33 heavy (non-hydrogen) atoms. The molecule has 1 aromatic heterocycles. The van der Waals surface area contributed by atoms with E-state index in [-0.39, 0.29) is 22.8 Å². The number of aromatic nitrogens is 3. The first-order chi connectivity index (χ1) is 15.2. The van der Waals surface area contributed by atoms with Gasteiger partial charge < -0.3 is 0 Å². The first-order valence-electron chi connectivity index (χ1n) is 10.1. The lowest BCUT2D eigenvalue weighted by Gasteiger charge is -2.42. The van der Waals surface area contributed by atoms with E-state index in [2.05, 4.69) is 10.2 Å². The molecule has 4 aromatic rings. The maximum atomic E-state index is 14.3. The zero-order valence-corrected chi connectivity index (χ0v) is 19.2. The lowest BCUT2D eigenvalue weighted by atomic mass is 10.0. The van der Waals surface area contributed by atoms with Crippen molar-refractivity contribution in [2.75, 3.05) is 0 Å². The summed E-state index contributed by atoms with van der Waals surface area (Å²) in [4.78, 5) is -1.95. The molecule has 0 spiro atoms. The topological polar surface area (TPSA) is 30.7 Å². The van der Waals surface area contributed by atoms with Crippen LogP contribution in [0.4, 0.5) is 19.4 Å². The molecule has 0 aliphatic rings. The van der Waals surface area contributed by atoms with E-state index >= 15 is 0 Å². The molecule has 0 aliphatic heterocycles. The molecular weight excluding hydrogens is 457 g/mol. The number of hydrogen-bond acceptors (Lipinski definition) is 2. The second-order valence-electron chi connectivity index (χ2n) is 8.21. The van der Waals surface area contributed by atoms with Crippen molar-refractivity contribution in [1.29, 1.82) is 0 Å². The third-order valence-electron chi connectivity index (χ3n) is 5.45. The summed E-state index contributed by atoms with van der Waals surface area (Å²) in [6.07, 6.45) is 0. The number of nitrogens with zero attached hydrogens (tertiary/aromatic N) is 3. The maximum absolute atomic E-state index is 14.3. The first kappa shape index (κ1) is 23.0. The summed E-state index contributed by atoms with van der Waals surface area (Å²) in [5, 5.41) is 8.37. The lowest BCUT2D eigenvalue weighted by molar-refractivity contribution is 0.363. The molecule has 0 saturated carbocycles. The molecule has 0 aliphatic carbocycles. The van der Waals surface area contributed by atoms with Gasteiger partial charge >= 0.3 is 10.2 Å². The van der Waals surface area contributed by atoms with Crippen LogP contribution in [0.15, 0.2) is 65.6 Å². The summed E-state index contributed by atoms with van der Waals surface area (Å²) in [7, 11) is -10.1. The van der Waals surface area contributed by atoms with Gasteiger partial charge in [0.05, 0.1) is 5.69 Å². The number of halogens is 5. The molecule has 0 saturated heterocycles. The predicted octanol–water partition coefficient (Wildman–Crippen LogP) is 8.49. The Morgan fingerprint density at radius 2 is 1.24 bits per heavy atom. The molecule has 174 valence electrons.